The number of nitrogens with one attached hydrogen (secondary N) is 2. The highest BCUT2D eigenvalue weighted by molar-refractivity contribution is 5.76. The second kappa shape index (κ2) is 9.44. The Kier molecular flexibility index (Phi) is 6.96. The maximum absolute atomic E-state index is 12.6. The number of ether oxygens (including phenoxy) is 1. The van der Waals surface area contributed by atoms with Gasteiger partial charge in [0.2, 0.25) is 5.91 Å². The lowest BCUT2D eigenvalue weighted by Crippen LogP contribution is -2.40. The fourth-order valence-electron chi connectivity index (χ4n) is 3.77. The molecule has 1 aromatic carbocycles. The topological polar surface area (TPSA) is 76.4 Å². The summed E-state index contributed by atoms with van der Waals surface area (Å²) in [6.07, 6.45) is 2.39. The van der Waals surface area contributed by atoms with Crippen LogP contribution >= 0.6 is 0 Å². The van der Waals surface area contributed by atoms with Gasteiger partial charge < -0.3 is 19.9 Å². The number of aromatic nitrogens is 1. The van der Waals surface area contributed by atoms with Crippen LogP contribution in [0.2, 0.25) is 0 Å². The second-order valence-corrected chi connectivity index (χ2v) is 8.98. The molecule has 0 unspecified atom stereocenters. The van der Waals surface area contributed by atoms with Crippen molar-refractivity contribution in [2.75, 3.05) is 20.2 Å². The average molecular weight is 400 g/mol. The first-order valence-electron chi connectivity index (χ1n) is 10.4. The van der Waals surface area contributed by atoms with Gasteiger partial charge in [-0.15, -0.1) is 0 Å². The van der Waals surface area contributed by atoms with E-state index in [-0.39, 0.29) is 11.3 Å². The standard InChI is InChI=1S/C23H33N3O3/c1-23(2,3)21-13-19(26-29-21)11-18-15-24-10-9-17(18)12-22(27)25-14-16-5-7-20(28-4)8-6-16/h5-8,13,17-18,24H,9-12,14-15H2,1-4H3,(H,25,27)/t17-,18-/m0/s1. The van der Waals surface area contributed by atoms with Crippen LogP contribution in [0.25, 0.3) is 0 Å². The largest absolute Gasteiger partial charge is 0.497 e. The van der Waals surface area contributed by atoms with Gasteiger partial charge in [-0.25, -0.2) is 0 Å². The maximum atomic E-state index is 12.6. The molecule has 1 aliphatic heterocycles. The Labute approximate surface area is 173 Å². The second-order valence-electron chi connectivity index (χ2n) is 8.98. The molecule has 1 aromatic heterocycles. The van der Waals surface area contributed by atoms with Crippen LogP contribution in [-0.4, -0.2) is 31.3 Å². The van der Waals surface area contributed by atoms with Crippen molar-refractivity contribution < 1.29 is 14.1 Å². The average Bonchev–Trinajstić information content (AvgIpc) is 3.17. The highest BCUT2D eigenvalue weighted by atomic mass is 16.5. The van der Waals surface area contributed by atoms with E-state index >= 15 is 0 Å². The van der Waals surface area contributed by atoms with Gasteiger partial charge in [-0.1, -0.05) is 38.1 Å². The fourth-order valence-corrected chi connectivity index (χ4v) is 3.77. The molecule has 2 aromatic rings. The predicted octanol–water partition coefficient (Wildman–Crippen LogP) is 3.46. The Bertz CT molecular complexity index is 792. The number of methoxy groups -OCH3 is 1. The van der Waals surface area contributed by atoms with Crippen molar-refractivity contribution in [1.29, 1.82) is 0 Å². The van der Waals surface area contributed by atoms with E-state index in [2.05, 4.69) is 42.6 Å². The van der Waals surface area contributed by atoms with Gasteiger partial charge in [0.25, 0.3) is 0 Å². The van der Waals surface area contributed by atoms with Gasteiger partial charge in [-0.3, -0.25) is 4.79 Å². The van der Waals surface area contributed by atoms with Gasteiger partial charge in [-0.2, -0.15) is 0 Å². The van der Waals surface area contributed by atoms with E-state index in [4.69, 9.17) is 9.26 Å². The molecule has 0 spiro atoms. The normalized spacial score (nSPS) is 19.7. The molecule has 0 bridgehead atoms. The van der Waals surface area contributed by atoms with Crippen LogP contribution in [0.15, 0.2) is 34.9 Å². The number of nitrogens with zero attached hydrogens (tertiary/aromatic N) is 1. The Morgan fingerprint density at radius 2 is 2.03 bits per heavy atom. The lowest BCUT2D eigenvalue weighted by Gasteiger charge is -2.31. The lowest BCUT2D eigenvalue weighted by molar-refractivity contribution is -0.122. The van der Waals surface area contributed by atoms with E-state index in [1.165, 1.54) is 0 Å². The van der Waals surface area contributed by atoms with Crippen molar-refractivity contribution in [2.45, 2.75) is 52.0 Å². The smallest absolute Gasteiger partial charge is 0.220 e. The van der Waals surface area contributed by atoms with E-state index in [1.807, 2.05) is 24.3 Å². The van der Waals surface area contributed by atoms with Crippen molar-refractivity contribution in [3.63, 3.8) is 0 Å². The summed E-state index contributed by atoms with van der Waals surface area (Å²) in [5.74, 6) is 2.56. The first-order chi connectivity index (χ1) is 13.8. The summed E-state index contributed by atoms with van der Waals surface area (Å²) in [6, 6.07) is 9.84. The minimum absolute atomic E-state index is 0.0448. The number of amides is 1. The van der Waals surface area contributed by atoms with Gasteiger partial charge in [0, 0.05) is 24.4 Å². The zero-order valence-corrected chi connectivity index (χ0v) is 18.0. The van der Waals surface area contributed by atoms with Crippen LogP contribution < -0.4 is 15.4 Å². The molecular formula is C23H33N3O3. The minimum Gasteiger partial charge on any atom is -0.497 e. The third kappa shape index (κ3) is 6.07. The van der Waals surface area contributed by atoms with E-state index in [0.29, 0.717) is 24.8 Å². The van der Waals surface area contributed by atoms with Crippen molar-refractivity contribution in [2.24, 2.45) is 11.8 Å². The number of rotatable bonds is 7. The van der Waals surface area contributed by atoms with Crippen molar-refractivity contribution in [3.8, 4) is 5.75 Å². The van der Waals surface area contributed by atoms with E-state index < -0.39 is 0 Å². The molecule has 0 aliphatic carbocycles. The Morgan fingerprint density at radius 3 is 2.69 bits per heavy atom. The summed E-state index contributed by atoms with van der Waals surface area (Å²) in [7, 11) is 1.65. The Morgan fingerprint density at radius 1 is 1.28 bits per heavy atom. The summed E-state index contributed by atoms with van der Waals surface area (Å²) in [5, 5.41) is 10.8. The summed E-state index contributed by atoms with van der Waals surface area (Å²) in [4.78, 5) is 12.6. The Hall–Kier alpha value is -2.34. The van der Waals surface area contributed by atoms with Crippen LogP contribution in [0.1, 0.15) is 50.6 Å². The highest BCUT2D eigenvalue weighted by Gasteiger charge is 2.29. The molecule has 158 valence electrons. The summed E-state index contributed by atoms with van der Waals surface area (Å²) < 4.78 is 10.7. The highest BCUT2D eigenvalue weighted by Crippen LogP contribution is 2.28. The number of hydrogen-bond acceptors (Lipinski definition) is 5. The van der Waals surface area contributed by atoms with Crippen LogP contribution in [0, 0.1) is 11.8 Å². The molecule has 6 heteroatoms. The first-order valence-corrected chi connectivity index (χ1v) is 10.4. The zero-order chi connectivity index (χ0) is 20.9. The first kappa shape index (κ1) is 21.4. The Balaban J connectivity index is 1.53. The van der Waals surface area contributed by atoms with Crippen LogP contribution in [0.4, 0.5) is 0 Å². The van der Waals surface area contributed by atoms with Crippen molar-refractivity contribution in [3.05, 3.63) is 47.3 Å². The maximum Gasteiger partial charge on any atom is 0.220 e. The molecule has 1 fully saturated rings. The minimum atomic E-state index is -0.0448. The van der Waals surface area contributed by atoms with Gasteiger partial charge in [0.1, 0.15) is 11.5 Å². The number of carbonyl (C=O) groups is 1. The van der Waals surface area contributed by atoms with Gasteiger partial charge in [0.05, 0.1) is 12.8 Å². The summed E-state index contributed by atoms with van der Waals surface area (Å²) in [6.45, 7) is 8.77. The third-order valence-corrected chi connectivity index (χ3v) is 5.63. The molecule has 2 heterocycles. The molecular weight excluding hydrogens is 366 g/mol. The van der Waals surface area contributed by atoms with Gasteiger partial charge in [0.15, 0.2) is 0 Å². The van der Waals surface area contributed by atoms with Crippen LogP contribution in [0.5, 0.6) is 5.75 Å². The number of piperidine rings is 1. The molecule has 0 saturated carbocycles. The van der Waals surface area contributed by atoms with E-state index in [9.17, 15) is 4.79 Å². The third-order valence-electron chi connectivity index (χ3n) is 5.63. The monoisotopic (exact) mass is 399 g/mol. The molecule has 29 heavy (non-hydrogen) atoms. The molecule has 0 radical (unpaired) electrons. The lowest BCUT2D eigenvalue weighted by atomic mass is 9.81. The molecule has 2 N–H and O–H groups in total. The van der Waals surface area contributed by atoms with Crippen molar-refractivity contribution in [1.82, 2.24) is 15.8 Å². The summed E-state index contributed by atoms with van der Waals surface area (Å²) in [5.41, 5.74) is 2.00. The fraction of sp³-hybridized carbons (Fsp3) is 0.565. The number of carbonyl (C=O) groups excluding carboxylic acids is 1. The van der Waals surface area contributed by atoms with Crippen LogP contribution in [-0.2, 0) is 23.2 Å². The molecule has 3 rings (SSSR count). The van der Waals surface area contributed by atoms with E-state index in [1.54, 1.807) is 7.11 Å². The van der Waals surface area contributed by atoms with E-state index in [0.717, 1.165) is 48.7 Å². The molecule has 1 amide bonds. The molecule has 1 saturated heterocycles. The molecule has 6 nitrogen and oxygen atoms in total. The number of hydrogen-bond donors (Lipinski definition) is 2. The predicted molar refractivity (Wildman–Crippen MR) is 113 cm³/mol. The van der Waals surface area contributed by atoms with Gasteiger partial charge >= 0.3 is 0 Å². The SMILES string of the molecule is COc1ccc(CNC(=O)C[C@@H]2CCNC[C@@H]2Cc2cc(C(C)(C)C)on2)cc1. The summed E-state index contributed by atoms with van der Waals surface area (Å²) >= 11 is 0. The van der Waals surface area contributed by atoms with Crippen molar-refractivity contribution >= 4 is 5.91 Å². The molecule has 1 aliphatic rings. The van der Waals surface area contributed by atoms with Crippen LogP contribution in [0.3, 0.4) is 0 Å². The quantitative estimate of drug-likeness (QED) is 0.746. The molecule has 2 atom stereocenters. The van der Waals surface area contributed by atoms with Gasteiger partial charge in [-0.05, 0) is 55.5 Å². The number of benzene rings is 1. The zero-order valence-electron chi connectivity index (χ0n) is 18.0.